The topological polar surface area (TPSA) is 69.5 Å². The first-order chi connectivity index (χ1) is 12.1. The molecule has 134 valence electrons. The third-order valence-electron chi connectivity index (χ3n) is 3.96. The Morgan fingerprint density at radius 3 is 2.76 bits per heavy atom. The number of carbonyl (C=O) groups is 1. The van der Waals surface area contributed by atoms with Gasteiger partial charge in [0, 0.05) is 13.1 Å². The van der Waals surface area contributed by atoms with Crippen molar-refractivity contribution in [2.24, 2.45) is 0 Å². The van der Waals surface area contributed by atoms with Crippen LogP contribution in [0.3, 0.4) is 0 Å². The van der Waals surface area contributed by atoms with Crippen LogP contribution in [0.4, 0.5) is 0 Å². The van der Waals surface area contributed by atoms with Crippen molar-refractivity contribution in [1.29, 1.82) is 0 Å². The van der Waals surface area contributed by atoms with Gasteiger partial charge in [0.1, 0.15) is 12.1 Å². The zero-order valence-corrected chi connectivity index (χ0v) is 15.4. The van der Waals surface area contributed by atoms with E-state index in [1.54, 1.807) is 13.4 Å². The Kier molecular flexibility index (Phi) is 5.60. The highest BCUT2D eigenvalue weighted by Gasteiger charge is 2.26. The molecular weight excluding hydrogens is 340 g/mol. The molecule has 2 aromatic rings. The Labute approximate surface area is 151 Å². The smallest absolute Gasteiger partial charge is 0.233 e. The number of nitrogens with zero attached hydrogens (tertiary/aromatic N) is 4. The van der Waals surface area contributed by atoms with Crippen LogP contribution in [0.25, 0.3) is 5.69 Å². The van der Waals surface area contributed by atoms with Crippen molar-refractivity contribution >= 4 is 17.7 Å². The standard InChI is InChI=1S/C17H22N4O3S/c1-12-8-20(9-13(2)24-12)16(22)10-25-17-19-18-11-21(17)14-6-4-5-7-15(14)23-3/h4-7,11-13H,8-10H2,1-3H3/t12-,13+. The van der Waals surface area contributed by atoms with Gasteiger partial charge in [0.15, 0.2) is 5.16 Å². The van der Waals surface area contributed by atoms with Crippen molar-refractivity contribution in [2.75, 3.05) is 26.0 Å². The van der Waals surface area contributed by atoms with Gasteiger partial charge in [-0.25, -0.2) is 0 Å². The number of morpholine rings is 1. The zero-order chi connectivity index (χ0) is 17.8. The molecule has 1 aromatic heterocycles. The molecule has 3 rings (SSSR count). The molecule has 7 nitrogen and oxygen atoms in total. The summed E-state index contributed by atoms with van der Waals surface area (Å²) in [5.74, 6) is 1.13. The Bertz CT molecular complexity index is 726. The molecule has 0 radical (unpaired) electrons. The van der Waals surface area contributed by atoms with Crippen molar-refractivity contribution < 1.29 is 14.3 Å². The highest BCUT2D eigenvalue weighted by molar-refractivity contribution is 7.99. The van der Waals surface area contributed by atoms with Gasteiger partial charge in [-0.2, -0.15) is 0 Å². The molecule has 1 amide bonds. The normalized spacial score (nSPS) is 20.5. The lowest BCUT2D eigenvalue weighted by molar-refractivity contribution is -0.140. The van der Waals surface area contributed by atoms with Crippen LogP contribution in [0, 0.1) is 0 Å². The highest BCUT2D eigenvalue weighted by Crippen LogP contribution is 2.26. The Hall–Kier alpha value is -2.06. The van der Waals surface area contributed by atoms with Crippen LogP contribution in [0.1, 0.15) is 13.8 Å². The lowest BCUT2D eigenvalue weighted by Crippen LogP contribution is -2.48. The second-order valence-electron chi connectivity index (χ2n) is 6.00. The summed E-state index contributed by atoms with van der Waals surface area (Å²) in [7, 11) is 1.63. The van der Waals surface area contributed by atoms with E-state index in [0.717, 1.165) is 11.4 Å². The molecular formula is C17H22N4O3S. The van der Waals surface area contributed by atoms with Crippen molar-refractivity contribution in [3.8, 4) is 11.4 Å². The number of benzene rings is 1. The van der Waals surface area contributed by atoms with Crippen molar-refractivity contribution in [3.05, 3.63) is 30.6 Å². The predicted molar refractivity (Wildman–Crippen MR) is 95.2 cm³/mol. The van der Waals surface area contributed by atoms with E-state index < -0.39 is 0 Å². The van der Waals surface area contributed by atoms with Crippen molar-refractivity contribution in [3.63, 3.8) is 0 Å². The quantitative estimate of drug-likeness (QED) is 0.758. The second kappa shape index (κ2) is 7.88. The maximum Gasteiger partial charge on any atom is 0.233 e. The molecule has 0 N–H and O–H groups in total. The van der Waals surface area contributed by atoms with Gasteiger partial charge in [0.2, 0.25) is 5.91 Å². The number of hydrogen-bond donors (Lipinski definition) is 0. The summed E-state index contributed by atoms with van der Waals surface area (Å²) in [6.07, 6.45) is 1.76. The van der Waals surface area contributed by atoms with Crippen molar-refractivity contribution in [2.45, 2.75) is 31.2 Å². The van der Waals surface area contributed by atoms with Crippen LogP contribution in [-0.4, -0.2) is 63.7 Å². The molecule has 1 saturated heterocycles. The summed E-state index contributed by atoms with van der Waals surface area (Å²) < 4.78 is 12.9. The summed E-state index contributed by atoms with van der Waals surface area (Å²) >= 11 is 1.37. The van der Waals surface area contributed by atoms with E-state index in [1.807, 2.05) is 47.6 Å². The minimum Gasteiger partial charge on any atom is -0.495 e. The van der Waals surface area contributed by atoms with Crippen LogP contribution >= 0.6 is 11.8 Å². The number of amides is 1. The van der Waals surface area contributed by atoms with Crippen molar-refractivity contribution in [1.82, 2.24) is 19.7 Å². The SMILES string of the molecule is COc1ccccc1-n1cnnc1SCC(=O)N1C[C@@H](C)O[C@@H](C)C1. The summed E-state index contributed by atoms with van der Waals surface area (Å²) in [6, 6.07) is 7.64. The molecule has 0 aliphatic carbocycles. The number of aromatic nitrogens is 3. The summed E-state index contributed by atoms with van der Waals surface area (Å²) in [6.45, 7) is 5.23. The van der Waals surface area contributed by atoms with E-state index in [1.165, 1.54) is 11.8 Å². The monoisotopic (exact) mass is 362 g/mol. The number of rotatable bonds is 5. The molecule has 8 heteroatoms. The molecule has 1 aliphatic rings. The van der Waals surface area contributed by atoms with Crippen LogP contribution in [0.2, 0.25) is 0 Å². The molecule has 25 heavy (non-hydrogen) atoms. The van der Waals surface area contributed by atoms with E-state index in [2.05, 4.69) is 10.2 Å². The first-order valence-corrected chi connectivity index (χ1v) is 9.16. The minimum atomic E-state index is 0.0648. The fourth-order valence-corrected chi connectivity index (χ4v) is 3.74. The van der Waals surface area contributed by atoms with E-state index in [0.29, 0.717) is 24.0 Å². The fraction of sp³-hybridized carbons (Fsp3) is 0.471. The van der Waals surface area contributed by atoms with Gasteiger partial charge in [-0.1, -0.05) is 23.9 Å². The number of ether oxygens (including phenoxy) is 2. The van der Waals surface area contributed by atoms with Crippen LogP contribution in [0.5, 0.6) is 5.75 Å². The van der Waals surface area contributed by atoms with Gasteiger partial charge in [0.25, 0.3) is 0 Å². The summed E-state index contributed by atoms with van der Waals surface area (Å²) in [5, 5.41) is 8.78. The van der Waals surface area contributed by atoms with E-state index in [4.69, 9.17) is 9.47 Å². The highest BCUT2D eigenvalue weighted by atomic mass is 32.2. The molecule has 2 heterocycles. The second-order valence-corrected chi connectivity index (χ2v) is 6.94. The van der Waals surface area contributed by atoms with Gasteiger partial charge >= 0.3 is 0 Å². The number of carbonyl (C=O) groups excluding carboxylic acids is 1. The van der Waals surface area contributed by atoms with Crippen LogP contribution in [-0.2, 0) is 9.53 Å². The van der Waals surface area contributed by atoms with Gasteiger partial charge in [0.05, 0.1) is 30.8 Å². The third kappa shape index (κ3) is 4.13. The minimum absolute atomic E-state index is 0.0648. The number of methoxy groups -OCH3 is 1. The Morgan fingerprint density at radius 2 is 2.04 bits per heavy atom. The first-order valence-electron chi connectivity index (χ1n) is 8.18. The number of para-hydroxylation sites is 2. The lowest BCUT2D eigenvalue weighted by atomic mass is 10.2. The lowest BCUT2D eigenvalue weighted by Gasteiger charge is -2.35. The maximum absolute atomic E-state index is 12.5. The molecule has 0 bridgehead atoms. The zero-order valence-electron chi connectivity index (χ0n) is 14.6. The van der Waals surface area contributed by atoms with Crippen LogP contribution in [0.15, 0.2) is 35.7 Å². The Balaban J connectivity index is 1.69. The van der Waals surface area contributed by atoms with Gasteiger partial charge in [-0.3, -0.25) is 9.36 Å². The predicted octanol–water partition coefficient (Wildman–Crippen LogP) is 2.00. The molecule has 2 atom stereocenters. The maximum atomic E-state index is 12.5. The average molecular weight is 362 g/mol. The largest absolute Gasteiger partial charge is 0.495 e. The number of hydrogen-bond acceptors (Lipinski definition) is 6. The fourth-order valence-electron chi connectivity index (χ4n) is 2.92. The summed E-state index contributed by atoms with van der Waals surface area (Å²) in [4.78, 5) is 14.4. The average Bonchev–Trinajstić information content (AvgIpc) is 3.07. The van der Waals surface area contributed by atoms with Gasteiger partial charge < -0.3 is 14.4 Å². The number of thioether (sulfide) groups is 1. The first kappa shape index (κ1) is 17.8. The Morgan fingerprint density at radius 1 is 1.32 bits per heavy atom. The van der Waals surface area contributed by atoms with E-state index in [9.17, 15) is 4.79 Å². The van der Waals surface area contributed by atoms with E-state index >= 15 is 0 Å². The third-order valence-corrected chi connectivity index (χ3v) is 4.89. The summed E-state index contributed by atoms with van der Waals surface area (Å²) in [5.41, 5.74) is 0.846. The van der Waals surface area contributed by atoms with Gasteiger partial charge in [-0.05, 0) is 26.0 Å². The molecule has 1 fully saturated rings. The molecule has 1 aromatic carbocycles. The molecule has 0 spiro atoms. The van der Waals surface area contributed by atoms with Gasteiger partial charge in [-0.15, -0.1) is 10.2 Å². The molecule has 0 saturated carbocycles. The molecule has 0 unspecified atom stereocenters. The van der Waals surface area contributed by atoms with E-state index in [-0.39, 0.29) is 18.1 Å². The molecule has 1 aliphatic heterocycles. The van der Waals surface area contributed by atoms with Crippen LogP contribution < -0.4 is 4.74 Å².